The topological polar surface area (TPSA) is 92.8 Å². The summed E-state index contributed by atoms with van der Waals surface area (Å²) in [5, 5.41) is 2.66. The van der Waals surface area contributed by atoms with Gasteiger partial charge in [-0.15, -0.1) is 0 Å². The maximum Gasteiger partial charge on any atom is 0.338 e. The molecule has 0 bridgehead atoms. The second-order valence-electron chi connectivity index (χ2n) is 6.22. The molecule has 0 spiro atoms. The minimum absolute atomic E-state index is 0.0290. The van der Waals surface area contributed by atoms with Gasteiger partial charge in [-0.05, 0) is 44.2 Å². The van der Waals surface area contributed by atoms with Gasteiger partial charge in [-0.3, -0.25) is 4.79 Å². The molecule has 2 aromatic rings. The van der Waals surface area contributed by atoms with Gasteiger partial charge in [0.2, 0.25) is 10.0 Å². The van der Waals surface area contributed by atoms with Crippen molar-refractivity contribution >= 4 is 27.6 Å². The molecule has 0 aliphatic carbocycles. The number of sulfonamides is 1. The Hall–Kier alpha value is -2.71. The van der Waals surface area contributed by atoms with Crippen LogP contribution in [-0.2, 0) is 19.6 Å². The van der Waals surface area contributed by atoms with Crippen molar-refractivity contribution in [3.63, 3.8) is 0 Å². The number of nitrogens with one attached hydrogen (secondary N) is 1. The first kappa shape index (κ1) is 20.6. The van der Waals surface area contributed by atoms with E-state index in [1.807, 2.05) is 19.1 Å². The lowest BCUT2D eigenvalue weighted by Crippen LogP contribution is -2.30. The van der Waals surface area contributed by atoms with E-state index >= 15 is 0 Å². The second-order valence-corrected chi connectivity index (χ2v) is 8.37. The highest BCUT2D eigenvalue weighted by Crippen LogP contribution is 2.16. The summed E-state index contributed by atoms with van der Waals surface area (Å²) >= 11 is 0. The van der Waals surface area contributed by atoms with Crippen LogP contribution in [0.2, 0.25) is 0 Å². The number of ether oxygens (including phenoxy) is 1. The van der Waals surface area contributed by atoms with E-state index in [9.17, 15) is 18.0 Å². The van der Waals surface area contributed by atoms with Gasteiger partial charge < -0.3 is 10.1 Å². The fourth-order valence-electron chi connectivity index (χ4n) is 2.16. The molecule has 144 valence electrons. The fraction of sp³-hybridized carbons (Fsp3) is 0.263. The summed E-state index contributed by atoms with van der Waals surface area (Å²) in [5.41, 5.74) is 1.69. The van der Waals surface area contributed by atoms with Crippen molar-refractivity contribution in [3.05, 3.63) is 59.7 Å². The van der Waals surface area contributed by atoms with Crippen molar-refractivity contribution in [2.75, 3.05) is 19.4 Å². The fourth-order valence-corrected chi connectivity index (χ4v) is 3.11. The maximum absolute atomic E-state index is 12.3. The molecule has 8 heteroatoms. The summed E-state index contributed by atoms with van der Waals surface area (Å²) in [6, 6.07) is 12.7. The molecule has 2 aromatic carbocycles. The number of amides is 1. The Bertz CT molecular complexity index is 937. The normalized spacial score (nSPS) is 12.5. The average Bonchev–Trinajstić information content (AvgIpc) is 2.63. The predicted octanol–water partition coefficient (Wildman–Crippen LogP) is 2.43. The minimum atomic E-state index is -3.68. The number of esters is 1. The van der Waals surface area contributed by atoms with E-state index in [0.717, 1.165) is 9.87 Å². The van der Waals surface area contributed by atoms with Gasteiger partial charge in [0, 0.05) is 19.8 Å². The lowest BCUT2D eigenvalue weighted by molar-refractivity contribution is -0.123. The number of aryl methyl sites for hydroxylation is 1. The van der Waals surface area contributed by atoms with Crippen LogP contribution in [0, 0.1) is 6.92 Å². The molecule has 0 heterocycles. The Kier molecular flexibility index (Phi) is 6.35. The van der Waals surface area contributed by atoms with E-state index in [4.69, 9.17) is 4.74 Å². The Morgan fingerprint density at radius 2 is 1.70 bits per heavy atom. The monoisotopic (exact) mass is 390 g/mol. The third-order valence-corrected chi connectivity index (χ3v) is 5.63. The molecule has 1 N–H and O–H groups in total. The number of benzene rings is 2. The third kappa shape index (κ3) is 5.15. The van der Waals surface area contributed by atoms with Gasteiger partial charge in [-0.2, -0.15) is 0 Å². The van der Waals surface area contributed by atoms with E-state index < -0.39 is 28.0 Å². The highest BCUT2D eigenvalue weighted by molar-refractivity contribution is 7.89. The highest BCUT2D eigenvalue weighted by Gasteiger charge is 2.22. The lowest BCUT2D eigenvalue weighted by Gasteiger charge is -2.15. The van der Waals surface area contributed by atoms with E-state index in [-0.39, 0.29) is 10.5 Å². The van der Waals surface area contributed by atoms with Crippen LogP contribution in [0.1, 0.15) is 22.8 Å². The van der Waals surface area contributed by atoms with E-state index in [0.29, 0.717) is 5.69 Å². The van der Waals surface area contributed by atoms with Crippen molar-refractivity contribution in [2.45, 2.75) is 24.8 Å². The van der Waals surface area contributed by atoms with Crippen LogP contribution in [-0.4, -0.2) is 44.8 Å². The van der Waals surface area contributed by atoms with Crippen LogP contribution >= 0.6 is 0 Å². The Labute approximate surface area is 159 Å². The molecule has 0 aromatic heterocycles. The van der Waals surface area contributed by atoms with E-state index in [1.54, 1.807) is 12.1 Å². The molecule has 0 saturated heterocycles. The summed E-state index contributed by atoms with van der Waals surface area (Å²) in [6.07, 6.45) is -1.05. The first-order valence-corrected chi connectivity index (χ1v) is 9.66. The van der Waals surface area contributed by atoms with Crippen molar-refractivity contribution in [1.82, 2.24) is 4.31 Å². The van der Waals surface area contributed by atoms with Gasteiger partial charge in [0.15, 0.2) is 6.10 Å². The van der Waals surface area contributed by atoms with Gasteiger partial charge >= 0.3 is 5.97 Å². The zero-order valence-electron chi connectivity index (χ0n) is 15.6. The van der Waals surface area contributed by atoms with Gasteiger partial charge in [-0.25, -0.2) is 17.5 Å². The molecule has 0 saturated carbocycles. The van der Waals surface area contributed by atoms with Crippen molar-refractivity contribution in [3.8, 4) is 0 Å². The molecule has 1 atom stereocenters. The quantitative estimate of drug-likeness (QED) is 0.765. The molecule has 27 heavy (non-hydrogen) atoms. The second kappa shape index (κ2) is 8.32. The predicted molar refractivity (Wildman–Crippen MR) is 102 cm³/mol. The summed E-state index contributed by atoms with van der Waals surface area (Å²) in [7, 11) is -0.874. The number of nitrogens with zero attached hydrogens (tertiary/aromatic N) is 1. The molecule has 0 aliphatic heterocycles. The summed E-state index contributed by atoms with van der Waals surface area (Å²) in [4.78, 5) is 24.5. The number of anilines is 1. The summed E-state index contributed by atoms with van der Waals surface area (Å²) in [6.45, 7) is 3.38. The molecular formula is C19H22N2O5S. The molecule has 0 radical (unpaired) electrons. The Morgan fingerprint density at radius 1 is 1.07 bits per heavy atom. The standard InChI is InChI=1S/C19H22N2O5S/c1-13-8-10-16(11-9-13)20-18(22)14(2)26-19(23)15-6-5-7-17(12-15)27(24,25)21(3)4/h5-12,14H,1-4H3,(H,20,22)/t14-/m0/s1. The van der Waals surface area contributed by atoms with Crippen LogP contribution < -0.4 is 5.32 Å². The van der Waals surface area contributed by atoms with Gasteiger partial charge in [0.25, 0.3) is 5.91 Å². The number of rotatable bonds is 6. The first-order chi connectivity index (χ1) is 12.6. The summed E-state index contributed by atoms with van der Waals surface area (Å²) in [5.74, 6) is -1.26. The van der Waals surface area contributed by atoms with Crippen molar-refractivity contribution in [2.24, 2.45) is 0 Å². The van der Waals surface area contributed by atoms with Crippen LogP contribution in [0.3, 0.4) is 0 Å². The van der Waals surface area contributed by atoms with E-state index in [2.05, 4.69) is 5.32 Å². The Balaban J connectivity index is 2.08. The minimum Gasteiger partial charge on any atom is -0.449 e. The molecular weight excluding hydrogens is 368 g/mol. The molecule has 0 unspecified atom stereocenters. The number of carbonyl (C=O) groups is 2. The first-order valence-electron chi connectivity index (χ1n) is 8.22. The molecule has 7 nitrogen and oxygen atoms in total. The van der Waals surface area contributed by atoms with Gasteiger partial charge in [0.1, 0.15) is 0 Å². The van der Waals surface area contributed by atoms with Gasteiger partial charge in [-0.1, -0.05) is 23.8 Å². The van der Waals surface area contributed by atoms with Crippen LogP contribution in [0.25, 0.3) is 0 Å². The van der Waals surface area contributed by atoms with Crippen LogP contribution in [0.5, 0.6) is 0 Å². The van der Waals surface area contributed by atoms with Gasteiger partial charge in [0.05, 0.1) is 10.5 Å². The number of hydrogen-bond donors (Lipinski definition) is 1. The molecule has 0 fully saturated rings. The highest BCUT2D eigenvalue weighted by atomic mass is 32.2. The zero-order valence-corrected chi connectivity index (χ0v) is 16.4. The van der Waals surface area contributed by atoms with Crippen LogP contribution in [0.15, 0.2) is 53.4 Å². The summed E-state index contributed by atoms with van der Waals surface area (Å²) < 4.78 is 30.6. The largest absolute Gasteiger partial charge is 0.449 e. The molecule has 2 rings (SSSR count). The zero-order chi connectivity index (χ0) is 20.2. The maximum atomic E-state index is 12.3. The number of hydrogen-bond acceptors (Lipinski definition) is 5. The average molecular weight is 390 g/mol. The van der Waals surface area contributed by atoms with E-state index in [1.165, 1.54) is 45.3 Å². The Morgan fingerprint density at radius 3 is 2.30 bits per heavy atom. The van der Waals surface area contributed by atoms with Crippen molar-refractivity contribution in [1.29, 1.82) is 0 Å². The SMILES string of the molecule is Cc1ccc(NC(=O)[C@H](C)OC(=O)c2cccc(S(=O)(=O)N(C)C)c2)cc1. The van der Waals surface area contributed by atoms with Crippen molar-refractivity contribution < 1.29 is 22.7 Å². The molecule has 0 aliphatic rings. The lowest BCUT2D eigenvalue weighted by atomic mass is 10.2. The smallest absolute Gasteiger partial charge is 0.338 e. The number of carbonyl (C=O) groups excluding carboxylic acids is 2. The van der Waals surface area contributed by atoms with Crippen LogP contribution in [0.4, 0.5) is 5.69 Å². The third-order valence-electron chi connectivity index (χ3n) is 3.82. The molecule has 1 amide bonds.